The van der Waals surface area contributed by atoms with Gasteiger partial charge in [0.1, 0.15) is 5.75 Å². The van der Waals surface area contributed by atoms with Crippen molar-refractivity contribution in [1.82, 2.24) is 4.98 Å². The molecule has 2 aromatic rings. The minimum absolute atomic E-state index is 0.0773. The van der Waals surface area contributed by atoms with Crippen LogP contribution in [0.25, 0.3) is 11.3 Å². The summed E-state index contributed by atoms with van der Waals surface area (Å²) in [4.78, 5) is 30.3. The van der Waals surface area contributed by atoms with E-state index < -0.39 is 11.5 Å². The molecular formula is C18H21N3O3S. The Morgan fingerprint density at radius 3 is 2.76 bits per heavy atom. The van der Waals surface area contributed by atoms with E-state index in [4.69, 9.17) is 4.74 Å². The first-order valence-electron chi connectivity index (χ1n) is 8.02. The number of fused-ring (bicyclic) bond motifs is 1. The van der Waals surface area contributed by atoms with Gasteiger partial charge in [-0.15, -0.1) is 11.3 Å². The predicted molar refractivity (Wildman–Crippen MR) is 99.1 cm³/mol. The van der Waals surface area contributed by atoms with Crippen LogP contribution < -0.4 is 15.0 Å². The number of carbonyl (C=O) groups excluding carboxylic acids is 2. The zero-order valence-corrected chi connectivity index (χ0v) is 15.7. The summed E-state index contributed by atoms with van der Waals surface area (Å²) < 4.78 is 5.63. The number of hydrogen-bond donors (Lipinski definition) is 1. The number of likely N-dealkylation sites (N-methyl/N-ethyl adjacent to an activating group) is 1. The van der Waals surface area contributed by atoms with Gasteiger partial charge in [-0.05, 0) is 25.1 Å². The number of nitrogens with one attached hydrogen (secondary N) is 1. The fraction of sp³-hybridized carbons (Fsp3) is 0.389. The van der Waals surface area contributed by atoms with Gasteiger partial charge in [0.15, 0.2) is 11.2 Å². The predicted octanol–water partition coefficient (Wildman–Crippen LogP) is 3.54. The summed E-state index contributed by atoms with van der Waals surface area (Å²) in [6, 6.07) is 5.62. The Hall–Kier alpha value is -2.41. The van der Waals surface area contributed by atoms with Crippen LogP contribution in [0.3, 0.4) is 0 Å². The Balaban J connectivity index is 1.87. The monoisotopic (exact) mass is 359 g/mol. The SMILES string of the molecule is CC1Oc2ccc(-c3csc(NC(=O)C(C)(C)C)n3)cc2N(C)C1=O. The van der Waals surface area contributed by atoms with Crippen LogP contribution in [0.1, 0.15) is 27.7 Å². The molecule has 0 fully saturated rings. The van der Waals surface area contributed by atoms with Gasteiger partial charge in [-0.3, -0.25) is 9.59 Å². The maximum absolute atomic E-state index is 12.1. The quantitative estimate of drug-likeness (QED) is 0.890. The molecule has 0 saturated heterocycles. The molecular weight excluding hydrogens is 338 g/mol. The van der Waals surface area contributed by atoms with Crippen LogP contribution in [0.2, 0.25) is 0 Å². The molecule has 3 rings (SSSR count). The van der Waals surface area contributed by atoms with Crippen molar-refractivity contribution in [3.05, 3.63) is 23.6 Å². The molecule has 1 aliphatic rings. The number of thiazole rings is 1. The average Bonchev–Trinajstić information content (AvgIpc) is 3.00. The van der Waals surface area contributed by atoms with Crippen molar-refractivity contribution in [3.63, 3.8) is 0 Å². The summed E-state index contributed by atoms with van der Waals surface area (Å²) in [5.41, 5.74) is 1.85. The fourth-order valence-electron chi connectivity index (χ4n) is 2.42. The Morgan fingerprint density at radius 2 is 2.08 bits per heavy atom. The lowest BCUT2D eigenvalue weighted by atomic mass is 9.96. The Kier molecular flexibility index (Phi) is 4.28. The van der Waals surface area contributed by atoms with E-state index in [0.29, 0.717) is 16.6 Å². The van der Waals surface area contributed by atoms with Crippen LogP contribution in [0.5, 0.6) is 5.75 Å². The number of hydrogen-bond acceptors (Lipinski definition) is 5. The van der Waals surface area contributed by atoms with Crippen LogP contribution in [0, 0.1) is 5.41 Å². The van der Waals surface area contributed by atoms with E-state index in [9.17, 15) is 9.59 Å². The Labute approximate surface area is 150 Å². The van der Waals surface area contributed by atoms with Gasteiger partial charge in [-0.2, -0.15) is 0 Å². The minimum atomic E-state index is -0.484. The number of nitrogens with zero attached hydrogens (tertiary/aromatic N) is 2. The number of ether oxygens (including phenoxy) is 1. The van der Waals surface area contributed by atoms with Crippen molar-refractivity contribution >= 4 is 34.0 Å². The maximum atomic E-state index is 12.1. The van der Waals surface area contributed by atoms with Crippen molar-refractivity contribution in [2.45, 2.75) is 33.8 Å². The highest BCUT2D eigenvalue weighted by atomic mass is 32.1. The lowest BCUT2D eigenvalue weighted by molar-refractivity contribution is -0.125. The zero-order valence-electron chi connectivity index (χ0n) is 14.9. The van der Waals surface area contributed by atoms with E-state index in [1.54, 1.807) is 18.9 Å². The molecule has 1 aromatic heterocycles. The van der Waals surface area contributed by atoms with E-state index in [2.05, 4.69) is 10.3 Å². The molecule has 2 amide bonds. The first kappa shape index (κ1) is 17.4. The third-order valence-electron chi connectivity index (χ3n) is 4.00. The zero-order chi connectivity index (χ0) is 18.4. The molecule has 0 saturated carbocycles. The Bertz CT molecular complexity index is 838. The number of aromatic nitrogens is 1. The fourth-order valence-corrected chi connectivity index (χ4v) is 3.13. The third-order valence-corrected chi connectivity index (χ3v) is 4.76. The van der Waals surface area contributed by atoms with Gasteiger partial charge >= 0.3 is 0 Å². The molecule has 6 nitrogen and oxygen atoms in total. The smallest absolute Gasteiger partial charge is 0.267 e. The number of anilines is 2. The maximum Gasteiger partial charge on any atom is 0.267 e. The van der Waals surface area contributed by atoms with E-state index in [1.807, 2.05) is 44.4 Å². The highest BCUT2D eigenvalue weighted by molar-refractivity contribution is 7.14. The number of carbonyl (C=O) groups is 2. The van der Waals surface area contributed by atoms with Crippen LogP contribution >= 0.6 is 11.3 Å². The van der Waals surface area contributed by atoms with Gasteiger partial charge in [0.2, 0.25) is 5.91 Å². The molecule has 0 aliphatic carbocycles. The highest BCUT2D eigenvalue weighted by Gasteiger charge is 2.29. The first-order valence-corrected chi connectivity index (χ1v) is 8.90. The molecule has 0 radical (unpaired) electrons. The van der Waals surface area contributed by atoms with Crippen molar-refractivity contribution < 1.29 is 14.3 Å². The van der Waals surface area contributed by atoms with Gasteiger partial charge in [-0.1, -0.05) is 20.8 Å². The summed E-state index contributed by atoms with van der Waals surface area (Å²) >= 11 is 1.37. The number of rotatable bonds is 2. The summed E-state index contributed by atoms with van der Waals surface area (Å²) in [6.07, 6.45) is -0.484. The largest absolute Gasteiger partial charge is 0.479 e. The van der Waals surface area contributed by atoms with Gasteiger partial charge in [0.05, 0.1) is 11.4 Å². The lowest BCUT2D eigenvalue weighted by Crippen LogP contribution is -2.41. The van der Waals surface area contributed by atoms with Crippen LogP contribution in [0.4, 0.5) is 10.8 Å². The normalized spacial score (nSPS) is 17.1. The van der Waals surface area contributed by atoms with Crippen LogP contribution in [-0.4, -0.2) is 29.9 Å². The molecule has 1 atom stereocenters. The van der Waals surface area contributed by atoms with Gasteiger partial charge in [-0.25, -0.2) is 4.98 Å². The number of benzene rings is 1. The molecule has 132 valence electrons. The summed E-state index contributed by atoms with van der Waals surface area (Å²) in [5, 5.41) is 5.28. The summed E-state index contributed by atoms with van der Waals surface area (Å²) in [5.74, 6) is 0.516. The molecule has 1 unspecified atom stereocenters. The van der Waals surface area contributed by atoms with Crippen molar-refractivity contribution in [2.24, 2.45) is 5.41 Å². The van der Waals surface area contributed by atoms with Crippen LogP contribution in [-0.2, 0) is 9.59 Å². The second-order valence-corrected chi connectivity index (χ2v) is 7.94. The van der Waals surface area contributed by atoms with E-state index in [-0.39, 0.29) is 11.8 Å². The van der Waals surface area contributed by atoms with Gasteiger partial charge < -0.3 is 15.0 Å². The molecule has 25 heavy (non-hydrogen) atoms. The van der Waals surface area contributed by atoms with E-state index in [0.717, 1.165) is 11.3 Å². The molecule has 1 N–H and O–H groups in total. The first-order chi connectivity index (χ1) is 11.7. The third kappa shape index (κ3) is 3.37. The molecule has 0 bridgehead atoms. The highest BCUT2D eigenvalue weighted by Crippen LogP contribution is 2.37. The van der Waals surface area contributed by atoms with Crippen molar-refractivity contribution in [1.29, 1.82) is 0 Å². The second-order valence-electron chi connectivity index (χ2n) is 7.08. The minimum Gasteiger partial charge on any atom is -0.479 e. The second kappa shape index (κ2) is 6.15. The Morgan fingerprint density at radius 1 is 1.36 bits per heavy atom. The van der Waals surface area contributed by atoms with Crippen molar-refractivity contribution in [3.8, 4) is 17.0 Å². The molecule has 7 heteroatoms. The van der Waals surface area contributed by atoms with Crippen LogP contribution in [0.15, 0.2) is 23.6 Å². The standard InChI is InChI=1S/C18H21N3O3S/c1-10-15(22)21(5)13-8-11(6-7-14(13)24-10)12-9-25-17(19-12)20-16(23)18(2,3)4/h6-10H,1-5H3,(H,19,20,23). The average molecular weight is 359 g/mol. The molecule has 2 heterocycles. The molecule has 1 aromatic carbocycles. The molecule has 0 spiro atoms. The summed E-state index contributed by atoms with van der Waals surface area (Å²) in [6.45, 7) is 7.30. The summed E-state index contributed by atoms with van der Waals surface area (Å²) in [7, 11) is 1.74. The van der Waals surface area contributed by atoms with E-state index in [1.165, 1.54) is 11.3 Å². The van der Waals surface area contributed by atoms with Gasteiger partial charge in [0, 0.05) is 23.4 Å². The lowest BCUT2D eigenvalue weighted by Gasteiger charge is -2.30. The topological polar surface area (TPSA) is 71.5 Å². The molecule has 1 aliphatic heterocycles. The van der Waals surface area contributed by atoms with E-state index >= 15 is 0 Å². The van der Waals surface area contributed by atoms with Crippen molar-refractivity contribution in [2.75, 3.05) is 17.3 Å². The van der Waals surface area contributed by atoms with Gasteiger partial charge in [0.25, 0.3) is 5.91 Å². The number of amides is 2.